The summed E-state index contributed by atoms with van der Waals surface area (Å²) in [6.45, 7) is 1.13. The number of ether oxygens (including phenoxy) is 1. The Morgan fingerprint density at radius 1 is 1.30 bits per heavy atom. The molecule has 7 nitrogen and oxygen atoms in total. The van der Waals surface area contributed by atoms with E-state index in [0.717, 1.165) is 6.42 Å². The van der Waals surface area contributed by atoms with Crippen molar-refractivity contribution < 1.29 is 9.53 Å². The lowest BCUT2D eigenvalue weighted by atomic mass is 10.2. The summed E-state index contributed by atoms with van der Waals surface area (Å²) in [5.74, 6) is 0.0914. The number of nitriles is 1. The number of carbonyl (C=O) groups excluding carboxylic acids is 1. The van der Waals surface area contributed by atoms with Gasteiger partial charge in [-0.05, 0) is 18.6 Å². The van der Waals surface area contributed by atoms with Gasteiger partial charge in [0.05, 0.1) is 16.8 Å². The van der Waals surface area contributed by atoms with Gasteiger partial charge in [-0.15, -0.1) is 0 Å². The Hall–Kier alpha value is -2.98. The first-order valence-corrected chi connectivity index (χ1v) is 7.10. The number of nitrogens with one attached hydrogen (secondary N) is 2. The normalized spacial score (nSPS) is 9.91. The molecule has 7 heteroatoms. The number of aromatic nitrogens is 2. The monoisotopic (exact) mass is 311 g/mol. The summed E-state index contributed by atoms with van der Waals surface area (Å²) in [6.07, 6.45) is 3.62. The van der Waals surface area contributed by atoms with E-state index in [1.165, 1.54) is 12.4 Å². The molecule has 0 saturated carbocycles. The van der Waals surface area contributed by atoms with E-state index in [2.05, 4.69) is 26.7 Å². The lowest BCUT2D eigenvalue weighted by Crippen LogP contribution is -2.25. The number of hydrogen-bond donors (Lipinski definition) is 2. The number of nitrogens with zero attached hydrogens (tertiary/aromatic N) is 3. The van der Waals surface area contributed by atoms with Crippen molar-refractivity contribution in [3.8, 4) is 6.07 Å². The first-order chi connectivity index (χ1) is 11.2. The predicted octanol–water partition coefficient (Wildman–Crippen LogP) is 1.86. The maximum atomic E-state index is 11.9. The summed E-state index contributed by atoms with van der Waals surface area (Å²) in [7, 11) is 1.62. The summed E-state index contributed by atoms with van der Waals surface area (Å²) in [5.41, 5.74) is 1.49. The van der Waals surface area contributed by atoms with Crippen LogP contribution in [0.5, 0.6) is 0 Å². The van der Waals surface area contributed by atoms with Crippen molar-refractivity contribution in [1.29, 1.82) is 5.26 Å². The number of carbonyl (C=O) groups is 1. The molecule has 0 bridgehead atoms. The van der Waals surface area contributed by atoms with Crippen molar-refractivity contribution >= 4 is 17.5 Å². The average Bonchev–Trinajstić information content (AvgIpc) is 2.59. The lowest BCUT2D eigenvalue weighted by Gasteiger charge is -2.07. The topological polar surface area (TPSA) is 99.9 Å². The molecule has 0 aliphatic carbocycles. The van der Waals surface area contributed by atoms with E-state index < -0.39 is 0 Å². The maximum absolute atomic E-state index is 11.9. The van der Waals surface area contributed by atoms with Gasteiger partial charge >= 0.3 is 0 Å². The van der Waals surface area contributed by atoms with E-state index >= 15 is 0 Å². The highest BCUT2D eigenvalue weighted by Crippen LogP contribution is 2.17. The number of rotatable bonds is 7. The lowest BCUT2D eigenvalue weighted by molar-refractivity contribution is 0.0948. The van der Waals surface area contributed by atoms with Crippen LogP contribution in [-0.2, 0) is 4.74 Å². The SMILES string of the molecule is COCCCNC(=O)c1cnc(Nc2ccccc2C#N)nc1. The number of benzene rings is 1. The van der Waals surface area contributed by atoms with Gasteiger partial charge in [0.25, 0.3) is 5.91 Å². The maximum Gasteiger partial charge on any atom is 0.254 e. The van der Waals surface area contributed by atoms with Gasteiger partial charge in [-0.25, -0.2) is 9.97 Å². The zero-order valence-electron chi connectivity index (χ0n) is 12.7. The Bertz CT molecular complexity index is 694. The minimum Gasteiger partial charge on any atom is -0.385 e. The van der Waals surface area contributed by atoms with Crippen molar-refractivity contribution in [3.63, 3.8) is 0 Å². The third-order valence-corrected chi connectivity index (χ3v) is 3.02. The molecule has 2 aromatic rings. The van der Waals surface area contributed by atoms with Crippen molar-refractivity contribution in [2.75, 3.05) is 25.6 Å². The van der Waals surface area contributed by atoms with Crippen molar-refractivity contribution in [1.82, 2.24) is 15.3 Å². The van der Waals surface area contributed by atoms with E-state index in [1.807, 2.05) is 6.07 Å². The van der Waals surface area contributed by atoms with E-state index in [-0.39, 0.29) is 5.91 Å². The van der Waals surface area contributed by atoms with Crippen LogP contribution in [0, 0.1) is 11.3 Å². The number of methoxy groups -OCH3 is 1. The van der Waals surface area contributed by atoms with Gasteiger partial charge in [0.15, 0.2) is 0 Å². The van der Waals surface area contributed by atoms with Gasteiger partial charge < -0.3 is 15.4 Å². The Labute approximate surface area is 134 Å². The number of hydrogen-bond acceptors (Lipinski definition) is 6. The third kappa shape index (κ3) is 4.76. The fraction of sp³-hybridized carbons (Fsp3) is 0.250. The van der Waals surface area contributed by atoms with Crippen LogP contribution in [-0.4, -0.2) is 36.1 Å². The van der Waals surface area contributed by atoms with Gasteiger partial charge in [0.1, 0.15) is 6.07 Å². The van der Waals surface area contributed by atoms with Crippen molar-refractivity contribution in [2.24, 2.45) is 0 Å². The molecule has 1 heterocycles. The fourth-order valence-corrected chi connectivity index (χ4v) is 1.84. The molecule has 0 saturated heterocycles. The van der Waals surface area contributed by atoms with Gasteiger partial charge in [-0.1, -0.05) is 12.1 Å². The molecular formula is C16H17N5O2. The minimum absolute atomic E-state index is 0.231. The number of anilines is 2. The molecule has 118 valence electrons. The Balaban J connectivity index is 1.97. The fourth-order valence-electron chi connectivity index (χ4n) is 1.84. The van der Waals surface area contributed by atoms with Crippen LogP contribution in [0.3, 0.4) is 0 Å². The van der Waals surface area contributed by atoms with Gasteiger partial charge in [-0.3, -0.25) is 4.79 Å². The van der Waals surface area contributed by atoms with Crippen LogP contribution in [0.4, 0.5) is 11.6 Å². The molecule has 1 aromatic carbocycles. The molecule has 0 aliphatic heterocycles. The molecule has 0 spiro atoms. The molecular weight excluding hydrogens is 294 g/mol. The predicted molar refractivity (Wildman–Crippen MR) is 85.3 cm³/mol. The Morgan fingerprint density at radius 2 is 2.04 bits per heavy atom. The van der Waals surface area contributed by atoms with Gasteiger partial charge in [-0.2, -0.15) is 5.26 Å². The molecule has 0 fully saturated rings. The highest BCUT2D eigenvalue weighted by atomic mass is 16.5. The molecule has 0 aliphatic rings. The van der Waals surface area contributed by atoms with Gasteiger partial charge in [0.2, 0.25) is 5.95 Å². The zero-order chi connectivity index (χ0) is 16.5. The first kappa shape index (κ1) is 16.4. The van der Waals surface area contributed by atoms with Crippen LogP contribution in [0.1, 0.15) is 22.3 Å². The Kier molecular flexibility index (Phi) is 6.03. The summed E-state index contributed by atoms with van der Waals surface area (Å²) in [4.78, 5) is 20.1. The molecule has 1 amide bonds. The molecule has 0 radical (unpaired) electrons. The van der Waals surface area contributed by atoms with Crippen LogP contribution < -0.4 is 10.6 Å². The molecule has 2 N–H and O–H groups in total. The van der Waals surface area contributed by atoms with E-state index in [0.29, 0.717) is 35.9 Å². The summed E-state index contributed by atoms with van der Waals surface area (Å²) < 4.78 is 4.91. The molecule has 2 rings (SSSR count). The first-order valence-electron chi connectivity index (χ1n) is 7.10. The number of amides is 1. The van der Waals surface area contributed by atoms with Gasteiger partial charge in [0, 0.05) is 32.7 Å². The van der Waals surface area contributed by atoms with Crippen LogP contribution in [0.2, 0.25) is 0 Å². The highest BCUT2D eigenvalue weighted by Gasteiger charge is 2.07. The van der Waals surface area contributed by atoms with Crippen molar-refractivity contribution in [2.45, 2.75) is 6.42 Å². The zero-order valence-corrected chi connectivity index (χ0v) is 12.7. The molecule has 0 unspecified atom stereocenters. The van der Waals surface area contributed by atoms with Crippen LogP contribution in [0.15, 0.2) is 36.7 Å². The van der Waals surface area contributed by atoms with E-state index in [9.17, 15) is 4.79 Å². The molecule has 0 atom stereocenters. The standard InChI is InChI=1S/C16H17N5O2/c1-23-8-4-7-18-15(22)13-10-19-16(20-11-13)21-14-6-3-2-5-12(14)9-17/h2-3,5-6,10-11H,4,7-8H2,1H3,(H,18,22)(H,19,20,21). The van der Waals surface area contributed by atoms with E-state index in [1.54, 1.807) is 25.3 Å². The second-order valence-corrected chi connectivity index (χ2v) is 4.68. The molecule has 23 heavy (non-hydrogen) atoms. The third-order valence-electron chi connectivity index (χ3n) is 3.02. The summed E-state index contributed by atoms with van der Waals surface area (Å²) >= 11 is 0. The quantitative estimate of drug-likeness (QED) is 0.757. The van der Waals surface area contributed by atoms with Crippen LogP contribution >= 0.6 is 0 Å². The van der Waals surface area contributed by atoms with Crippen molar-refractivity contribution in [3.05, 3.63) is 47.8 Å². The average molecular weight is 311 g/mol. The highest BCUT2D eigenvalue weighted by molar-refractivity contribution is 5.93. The second-order valence-electron chi connectivity index (χ2n) is 4.68. The number of para-hydroxylation sites is 1. The Morgan fingerprint density at radius 3 is 2.74 bits per heavy atom. The minimum atomic E-state index is -0.231. The second kappa shape index (κ2) is 8.46. The van der Waals surface area contributed by atoms with E-state index in [4.69, 9.17) is 10.00 Å². The largest absolute Gasteiger partial charge is 0.385 e. The smallest absolute Gasteiger partial charge is 0.254 e. The summed E-state index contributed by atoms with van der Waals surface area (Å²) in [5, 5.41) is 14.8. The van der Waals surface area contributed by atoms with Crippen LogP contribution in [0.25, 0.3) is 0 Å². The summed E-state index contributed by atoms with van der Waals surface area (Å²) in [6, 6.07) is 9.14. The molecule has 1 aromatic heterocycles.